The number of aryl methyl sites for hydroxylation is 2. The van der Waals surface area contributed by atoms with Crippen LogP contribution in [0.1, 0.15) is 53.0 Å². The molecule has 0 aliphatic heterocycles. The van der Waals surface area contributed by atoms with E-state index < -0.39 is 10.0 Å². The van der Waals surface area contributed by atoms with Gasteiger partial charge in [-0.05, 0) is 68.7 Å². The Morgan fingerprint density at radius 3 is 2.19 bits per heavy atom. The van der Waals surface area contributed by atoms with Crippen molar-refractivity contribution in [1.29, 1.82) is 0 Å². The fourth-order valence-corrected chi connectivity index (χ4v) is 7.20. The standard InChI is InChI=1S/C28H33FN2O3S2/c1-21-8-16-27(17-9-21)36(33,34)31(25-6-4-3-5-7-25)20-28(32)30(19-26-15-10-22(2)35-26)18-23-11-13-24(29)14-12-23/h8-17,25H,3-7,18-20H2,1-2H3. The summed E-state index contributed by atoms with van der Waals surface area (Å²) in [5.41, 5.74) is 1.77. The van der Waals surface area contributed by atoms with Crippen molar-refractivity contribution in [1.82, 2.24) is 9.21 Å². The van der Waals surface area contributed by atoms with Gasteiger partial charge in [0.25, 0.3) is 0 Å². The molecule has 1 aliphatic carbocycles. The van der Waals surface area contributed by atoms with Crippen LogP contribution in [0.5, 0.6) is 0 Å². The average molecular weight is 529 g/mol. The Bertz CT molecular complexity index is 1260. The number of hydrogen-bond donors (Lipinski definition) is 0. The highest BCUT2D eigenvalue weighted by Gasteiger charge is 2.35. The van der Waals surface area contributed by atoms with Crippen molar-refractivity contribution in [2.45, 2.75) is 70.0 Å². The third-order valence-corrected chi connectivity index (χ3v) is 9.58. The molecule has 1 fully saturated rings. The van der Waals surface area contributed by atoms with Gasteiger partial charge in [0.1, 0.15) is 5.82 Å². The third-order valence-electron chi connectivity index (χ3n) is 6.68. The lowest BCUT2D eigenvalue weighted by Gasteiger charge is -2.34. The van der Waals surface area contributed by atoms with E-state index in [0.717, 1.165) is 53.0 Å². The van der Waals surface area contributed by atoms with Gasteiger partial charge in [0.2, 0.25) is 15.9 Å². The summed E-state index contributed by atoms with van der Waals surface area (Å²) in [6.07, 6.45) is 4.48. The number of hydrogen-bond acceptors (Lipinski definition) is 4. The molecule has 3 aromatic rings. The van der Waals surface area contributed by atoms with Crippen molar-refractivity contribution in [3.63, 3.8) is 0 Å². The molecular formula is C28H33FN2O3S2. The molecule has 0 bridgehead atoms. The number of benzene rings is 2. The zero-order chi connectivity index (χ0) is 25.7. The maximum Gasteiger partial charge on any atom is 0.243 e. The summed E-state index contributed by atoms with van der Waals surface area (Å²) in [6, 6.07) is 16.7. The Morgan fingerprint density at radius 2 is 1.58 bits per heavy atom. The van der Waals surface area contributed by atoms with Gasteiger partial charge in [-0.15, -0.1) is 11.3 Å². The molecule has 1 aromatic heterocycles. The number of halogens is 1. The summed E-state index contributed by atoms with van der Waals surface area (Å²) in [6.45, 7) is 4.36. The van der Waals surface area contributed by atoms with Crippen molar-refractivity contribution in [3.05, 3.63) is 87.4 Å². The minimum atomic E-state index is -3.85. The van der Waals surface area contributed by atoms with Crippen LogP contribution >= 0.6 is 11.3 Å². The lowest BCUT2D eigenvalue weighted by molar-refractivity contribution is -0.133. The predicted molar refractivity (Wildman–Crippen MR) is 142 cm³/mol. The van der Waals surface area contributed by atoms with Crippen molar-refractivity contribution in [2.75, 3.05) is 6.54 Å². The highest BCUT2D eigenvalue weighted by atomic mass is 32.2. The second kappa shape index (κ2) is 11.7. The van der Waals surface area contributed by atoms with Crippen LogP contribution < -0.4 is 0 Å². The zero-order valence-corrected chi connectivity index (χ0v) is 22.5. The van der Waals surface area contributed by atoms with Crippen molar-refractivity contribution in [3.8, 4) is 0 Å². The Hall–Kier alpha value is -2.55. The summed E-state index contributed by atoms with van der Waals surface area (Å²) in [4.78, 5) is 17.8. The van der Waals surface area contributed by atoms with Gasteiger partial charge in [-0.1, -0.05) is 49.1 Å². The number of nitrogens with zero attached hydrogens (tertiary/aromatic N) is 2. The van der Waals surface area contributed by atoms with Gasteiger partial charge in [-0.3, -0.25) is 4.79 Å². The smallest absolute Gasteiger partial charge is 0.243 e. The van der Waals surface area contributed by atoms with Crippen LogP contribution in [0.25, 0.3) is 0 Å². The van der Waals surface area contributed by atoms with Crippen LogP contribution in [-0.2, 0) is 27.9 Å². The quantitative estimate of drug-likeness (QED) is 0.339. The van der Waals surface area contributed by atoms with Crippen LogP contribution in [0.3, 0.4) is 0 Å². The van der Waals surface area contributed by atoms with E-state index in [1.807, 2.05) is 26.0 Å². The van der Waals surface area contributed by atoms with E-state index in [0.29, 0.717) is 6.54 Å². The molecule has 1 amide bonds. The van der Waals surface area contributed by atoms with Crippen LogP contribution in [0.2, 0.25) is 0 Å². The number of sulfonamides is 1. The number of amides is 1. The molecule has 0 N–H and O–H groups in total. The van der Waals surface area contributed by atoms with Crippen LogP contribution in [0, 0.1) is 19.7 Å². The van der Waals surface area contributed by atoms with E-state index in [-0.39, 0.29) is 35.8 Å². The van der Waals surface area contributed by atoms with Gasteiger partial charge in [0.15, 0.2) is 0 Å². The number of carbonyl (C=O) groups excluding carboxylic acids is 1. The van der Waals surface area contributed by atoms with E-state index in [4.69, 9.17) is 0 Å². The van der Waals surface area contributed by atoms with E-state index in [1.54, 1.807) is 52.6 Å². The highest BCUT2D eigenvalue weighted by molar-refractivity contribution is 7.89. The van der Waals surface area contributed by atoms with E-state index in [1.165, 1.54) is 16.4 Å². The Labute approximate surface area is 217 Å². The molecule has 0 atom stereocenters. The van der Waals surface area contributed by atoms with Crippen molar-refractivity contribution < 1.29 is 17.6 Å². The fourth-order valence-electron chi connectivity index (χ4n) is 4.66. The maximum absolute atomic E-state index is 13.8. The number of rotatable bonds is 9. The number of thiophene rings is 1. The minimum absolute atomic E-state index is 0.203. The maximum atomic E-state index is 13.8. The summed E-state index contributed by atoms with van der Waals surface area (Å²) in [5.74, 6) is -0.593. The summed E-state index contributed by atoms with van der Waals surface area (Å²) in [5, 5.41) is 0. The first-order chi connectivity index (χ1) is 17.2. The van der Waals surface area contributed by atoms with Crippen molar-refractivity contribution in [2.24, 2.45) is 0 Å². The highest BCUT2D eigenvalue weighted by Crippen LogP contribution is 2.29. The molecule has 4 rings (SSSR count). The fraction of sp³-hybridized carbons (Fsp3) is 0.393. The largest absolute Gasteiger partial charge is 0.332 e. The minimum Gasteiger partial charge on any atom is -0.332 e. The van der Waals surface area contributed by atoms with Gasteiger partial charge in [0, 0.05) is 22.3 Å². The Kier molecular flexibility index (Phi) is 8.59. The van der Waals surface area contributed by atoms with Crippen LogP contribution in [0.4, 0.5) is 4.39 Å². The molecule has 36 heavy (non-hydrogen) atoms. The Balaban J connectivity index is 1.63. The first kappa shape index (κ1) is 26.5. The second-order valence-electron chi connectivity index (χ2n) is 9.54. The van der Waals surface area contributed by atoms with Gasteiger partial charge >= 0.3 is 0 Å². The number of carbonyl (C=O) groups is 1. The van der Waals surface area contributed by atoms with Gasteiger partial charge in [-0.25, -0.2) is 12.8 Å². The molecule has 5 nitrogen and oxygen atoms in total. The molecule has 0 saturated heterocycles. The van der Waals surface area contributed by atoms with Gasteiger partial charge in [0.05, 0.1) is 18.0 Å². The summed E-state index contributed by atoms with van der Waals surface area (Å²) >= 11 is 1.61. The van der Waals surface area contributed by atoms with E-state index in [2.05, 4.69) is 0 Å². The second-order valence-corrected chi connectivity index (χ2v) is 12.8. The first-order valence-electron chi connectivity index (χ1n) is 12.4. The monoisotopic (exact) mass is 528 g/mol. The average Bonchev–Trinajstić information content (AvgIpc) is 3.28. The van der Waals surface area contributed by atoms with E-state index >= 15 is 0 Å². The molecule has 0 radical (unpaired) electrons. The zero-order valence-electron chi connectivity index (χ0n) is 20.8. The Morgan fingerprint density at radius 1 is 0.917 bits per heavy atom. The molecule has 192 valence electrons. The SMILES string of the molecule is Cc1ccc(S(=O)(=O)N(CC(=O)N(Cc2ccc(F)cc2)Cc2ccc(C)s2)C2CCCCC2)cc1. The third kappa shape index (κ3) is 6.60. The van der Waals surface area contributed by atoms with Crippen LogP contribution in [0.15, 0.2) is 65.6 Å². The molecule has 0 spiro atoms. The predicted octanol–water partition coefficient (Wildman–Crippen LogP) is 6.06. The van der Waals surface area contributed by atoms with E-state index in [9.17, 15) is 17.6 Å². The molecule has 1 saturated carbocycles. The molecule has 1 aliphatic rings. The molecule has 2 aromatic carbocycles. The van der Waals surface area contributed by atoms with Crippen molar-refractivity contribution >= 4 is 27.3 Å². The lowest BCUT2D eigenvalue weighted by Crippen LogP contribution is -2.47. The molecule has 1 heterocycles. The molecule has 0 unspecified atom stereocenters. The lowest BCUT2D eigenvalue weighted by atomic mass is 9.95. The summed E-state index contributed by atoms with van der Waals surface area (Å²) in [7, 11) is -3.85. The topological polar surface area (TPSA) is 57.7 Å². The first-order valence-corrected chi connectivity index (χ1v) is 14.6. The summed E-state index contributed by atoms with van der Waals surface area (Å²) < 4.78 is 42.5. The molecule has 8 heteroatoms. The van der Waals surface area contributed by atoms with Crippen LogP contribution in [-0.4, -0.2) is 36.1 Å². The van der Waals surface area contributed by atoms with Gasteiger partial charge < -0.3 is 4.90 Å². The normalized spacial score (nSPS) is 14.8. The molecular weight excluding hydrogens is 495 g/mol. The van der Waals surface area contributed by atoms with Gasteiger partial charge in [-0.2, -0.15) is 4.31 Å².